The van der Waals surface area contributed by atoms with Gasteiger partial charge in [-0.25, -0.2) is 17.9 Å². The van der Waals surface area contributed by atoms with Gasteiger partial charge in [-0.1, -0.05) is 0 Å². The minimum Gasteiger partial charge on any atom is -0.465 e. The molecule has 24 heavy (non-hydrogen) atoms. The molecule has 8 heteroatoms. The molecule has 134 valence electrons. The smallest absolute Gasteiger partial charge is 0.338 e. The summed E-state index contributed by atoms with van der Waals surface area (Å²) in [6, 6.07) is 4.35. The van der Waals surface area contributed by atoms with Gasteiger partial charge in [0.15, 0.2) is 0 Å². The monoisotopic (exact) mass is 356 g/mol. The Morgan fingerprint density at radius 3 is 2.67 bits per heavy atom. The number of esters is 1. The van der Waals surface area contributed by atoms with Gasteiger partial charge in [0.1, 0.15) is 0 Å². The van der Waals surface area contributed by atoms with E-state index in [1.165, 1.54) is 25.3 Å². The van der Waals surface area contributed by atoms with Gasteiger partial charge < -0.3 is 14.8 Å². The zero-order chi connectivity index (χ0) is 17.8. The lowest BCUT2D eigenvalue weighted by molar-refractivity contribution is 0.0600. The Balaban J connectivity index is 2.15. The largest absolute Gasteiger partial charge is 0.465 e. The molecule has 1 aromatic carbocycles. The highest BCUT2D eigenvalue weighted by Gasteiger charge is 2.34. The van der Waals surface area contributed by atoms with Crippen LogP contribution in [0, 0.1) is 6.92 Å². The summed E-state index contributed by atoms with van der Waals surface area (Å²) in [5, 5.41) is 3.32. The Morgan fingerprint density at radius 2 is 2.12 bits per heavy atom. The summed E-state index contributed by atoms with van der Waals surface area (Å²) in [5.41, 5.74) is 0.531. The number of carbonyl (C=O) groups is 1. The highest BCUT2D eigenvalue weighted by Crippen LogP contribution is 2.21. The highest BCUT2D eigenvalue weighted by molar-refractivity contribution is 7.89. The van der Waals surface area contributed by atoms with E-state index in [1.807, 2.05) is 0 Å². The first kappa shape index (κ1) is 18.9. The van der Waals surface area contributed by atoms with E-state index < -0.39 is 16.0 Å². The van der Waals surface area contributed by atoms with Crippen molar-refractivity contribution in [2.75, 3.05) is 33.9 Å². The lowest BCUT2D eigenvalue weighted by Gasteiger charge is -2.28. The second kappa shape index (κ2) is 7.60. The van der Waals surface area contributed by atoms with Crippen LogP contribution in [-0.2, 0) is 19.5 Å². The van der Waals surface area contributed by atoms with Crippen LogP contribution >= 0.6 is 0 Å². The maximum absolute atomic E-state index is 12.5. The van der Waals surface area contributed by atoms with Crippen molar-refractivity contribution in [2.24, 2.45) is 0 Å². The molecule has 0 aliphatic carbocycles. The summed E-state index contributed by atoms with van der Waals surface area (Å²) in [4.78, 5) is 11.7. The van der Waals surface area contributed by atoms with Gasteiger partial charge in [0.05, 0.1) is 29.7 Å². The molecular formula is C16H24N2O5S. The fourth-order valence-corrected chi connectivity index (χ4v) is 4.14. The third-order valence-corrected chi connectivity index (χ3v) is 5.67. The van der Waals surface area contributed by atoms with Crippen molar-refractivity contribution in [1.82, 2.24) is 10.0 Å². The van der Waals surface area contributed by atoms with E-state index in [-0.39, 0.29) is 17.0 Å². The number of carbonyl (C=O) groups excluding carboxylic acids is 1. The summed E-state index contributed by atoms with van der Waals surface area (Å²) < 4.78 is 37.6. The number of benzene rings is 1. The Morgan fingerprint density at radius 1 is 1.38 bits per heavy atom. The summed E-state index contributed by atoms with van der Waals surface area (Å²) in [5.74, 6) is -0.487. The van der Waals surface area contributed by atoms with Crippen molar-refractivity contribution >= 4 is 16.0 Å². The summed E-state index contributed by atoms with van der Waals surface area (Å²) >= 11 is 0. The van der Waals surface area contributed by atoms with Crippen LogP contribution in [0.2, 0.25) is 0 Å². The van der Waals surface area contributed by atoms with Crippen LogP contribution < -0.4 is 10.0 Å². The van der Waals surface area contributed by atoms with Crippen LogP contribution in [0.1, 0.15) is 28.8 Å². The van der Waals surface area contributed by atoms with Crippen LogP contribution in [0.3, 0.4) is 0 Å². The number of hydrogen-bond donors (Lipinski definition) is 2. The van der Waals surface area contributed by atoms with Crippen LogP contribution in [0.25, 0.3) is 0 Å². The number of aryl methyl sites for hydroxylation is 1. The molecule has 7 nitrogen and oxygen atoms in total. The van der Waals surface area contributed by atoms with Crippen molar-refractivity contribution in [2.45, 2.75) is 30.2 Å². The third kappa shape index (κ3) is 4.13. The zero-order valence-corrected chi connectivity index (χ0v) is 15.0. The molecule has 1 aliphatic heterocycles. The molecule has 1 heterocycles. The van der Waals surface area contributed by atoms with E-state index in [2.05, 4.69) is 14.8 Å². The predicted molar refractivity (Wildman–Crippen MR) is 89.6 cm³/mol. The normalized spacial score (nSPS) is 21.0. The number of rotatable bonds is 7. The molecular weight excluding hydrogens is 332 g/mol. The number of ether oxygens (including phenoxy) is 2. The molecule has 1 unspecified atom stereocenters. The van der Waals surface area contributed by atoms with Gasteiger partial charge >= 0.3 is 5.97 Å². The van der Waals surface area contributed by atoms with Crippen LogP contribution in [0.5, 0.6) is 0 Å². The number of methoxy groups -OCH3 is 2. The van der Waals surface area contributed by atoms with Crippen molar-refractivity contribution in [1.29, 1.82) is 0 Å². The van der Waals surface area contributed by atoms with Crippen LogP contribution in [0.15, 0.2) is 23.1 Å². The molecule has 1 saturated heterocycles. The second-order valence-corrected chi connectivity index (χ2v) is 7.80. The molecule has 0 saturated carbocycles. The molecule has 1 fully saturated rings. The molecule has 0 spiro atoms. The standard InChI is InChI=1S/C16H24N2O5S/c1-12-9-13(5-6-14(12)15(19)23-3)24(20,21)18-10-16(11-22-2)7-4-8-17-16/h5-6,9,17-18H,4,7-8,10-11H2,1-3H3. The minimum atomic E-state index is -3.67. The lowest BCUT2D eigenvalue weighted by Crippen LogP contribution is -2.52. The van der Waals surface area contributed by atoms with E-state index in [0.717, 1.165) is 19.4 Å². The van der Waals surface area contributed by atoms with Gasteiger partial charge in [-0.15, -0.1) is 0 Å². The molecule has 0 amide bonds. The molecule has 2 rings (SSSR count). The van der Waals surface area contributed by atoms with E-state index in [1.54, 1.807) is 14.0 Å². The Bertz CT molecular complexity index is 696. The molecule has 0 bridgehead atoms. The Hall–Kier alpha value is -1.48. The summed E-state index contributed by atoms with van der Waals surface area (Å²) in [7, 11) is -0.782. The zero-order valence-electron chi connectivity index (χ0n) is 14.2. The Kier molecular flexibility index (Phi) is 5.97. The first-order valence-electron chi connectivity index (χ1n) is 7.76. The van der Waals surface area contributed by atoms with E-state index in [9.17, 15) is 13.2 Å². The number of sulfonamides is 1. The molecule has 1 atom stereocenters. The molecule has 2 N–H and O–H groups in total. The van der Waals surface area contributed by atoms with E-state index in [4.69, 9.17) is 4.74 Å². The maximum Gasteiger partial charge on any atom is 0.338 e. The molecule has 1 aromatic rings. The molecule has 1 aliphatic rings. The predicted octanol–water partition coefficient (Wildman–Crippen LogP) is 0.829. The Labute approximate surface area is 142 Å². The third-order valence-electron chi connectivity index (χ3n) is 4.27. The second-order valence-electron chi connectivity index (χ2n) is 6.04. The SMILES string of the molecule is COCC1(CNS(=O)(=O)c2ccc(C(=O)OC)c(C)c2)CCCN1. The number of hydrogen-bond acceptors (Lipinski definition) is 6. The quantitative estimate of drug-likeness (QED) is 0.703. The van der Waals surface area contributed by atoms with Crippen LogP contribution in [-0.4, -0.2) is 53.8 Å². The maximum atomic E-state index is 12.5. The van der Waals surface area contributed by atoms with Crippen molar-refractivity contribution in [3.05, 3.63) is 29.3 Å². The van der Waals surface area contributed by atoms with E-state index >= 15 is 0 Å². The lowest BCUT2D eigenvalue weighted by atomic mass is 9.99. The first-order valence-corrected chi connectivity index (χ1v) is 9.24. The highest BCUT2D eigenvalue weighted by atomic mass is 32.2. The first-order chi connectivity index (χ1) is 11.3. The van der Waals surface area contributed by atoms with Gasteiger partial charge in [-0.2, -0.15) is 0 Å². The molecule has 0 aromatic heterocycles. The summed E-state index contributed by atoms with van der Waals surface area (Å²) in [6.07, 6.45) is 1.84. The van der Waals surface area contributed by atoms with Gasteiger partial charge in [0.2, 0.25) is 10.0 Å². The van der Waals surface area contributed by atoms with Gasteiger partial charge in [0.25, 0.3) is 0 Å². The topological polar surface area (TPSA) is 93.7 Å². The van der Waals surface area contributed by atoms with Crippen LogP contribution in [0.4, 0.5) is 0 Å². The van der Waals surface area contributed by atoms with Crippen molar-refractivity contribution < 1.29 is 22.7 Å². The average Bonchev–Trinajstić information content (AvgIpc) is 3.02. The van der Waals surface area contributed by atoms with E-state index in [0.29, 0.717) is 17.7 Å². The van der Waals surface area contributed by atoms with Gasteiger partial charge in [-0.3, -0.25) is 0 Å². The fourth-order valence-electron chi connectivity index (χ4n) is 2.93. The fraction of sp³-hybridized carbons (Fsp3) is 0.562. The number of nitrogens with one attached hydrogen (secondary N) is 2. The van der Waals surface area contributed by atoms with Crippen molar-refractivity contribution in [3.63, 3.8) is 0 Å². The molecule has 0 radical (unpaired) electrons. The van der Waals surface area contributed by atoms with Crippen molar-refractivity contribution in [3.8, 4) is 0 Å². The summed E-state index contributed by atoms with van der Waals surface area (Å²) in [6.45, 7) is 3.21. The average molecular weight is 356 g/mol. The van der Waals surface area contributed by atoms with Gasteiger partial charge in [0, 0.05) is 13.7 Å². The van der Waals surface area contributed by atoms with Gasteiger partial charge in [-0.05, 0) is 50.1 Å². The minimum absolute atomic E-state index is 0.123.